The Morgan fingerprint density at radius 3 is 2.66 bits per heavy atom. The maximum absolute atomic E-state index is 12.8. The fourth-order valence-electron chi connectivity index (χ4n) is 3.41. The Kier molecular flexibility index (Phi) is 5.17. The molecule has 1 unspecified atom stereocenters. The van der Waals surface area contributed by atoms with Crippen LogP contribution in [0.3, 0.4) is 0 Å². The lowest BCUT2D eigenvalue weighted by Crippen LogP contribution is -2.41. The van der Waals surface area contributed by atoms with Crippen LogP contribution in [0.15, 0.2) is 29.1 Å². The van der Waals surface area contributed by atoms with Crippen LogP contribution >= 0.6 is 0 Å². The molecule has 0 radical (unpaired) electrons. The molecule has 0 aliphatic carbocycles. The zero-order valence-electron chi connectivity index (χ0n) is 15.9. The Balaban J connectivity index is 1.61. The van der Waals surface area contributed by atoms with Gasteiger partial charge in [-0.2, -0.15) is 4.98 Å². The first kappa shape index (κ1) is 18.9. The number of anilines is 3. The third-order valence-electron chi connectivity index (χ3n) is 4.92. The van der Waals surface area contributed by atoms with E-state index in [1.54, 1.807) is 31.4 Å². The van der Waals surface area contributed by atoms with Crippen molar-refractivity contribution in [2.24, 2.45) is 0 Å². The summed E-state index contributed by atoms with van der Waals surface area (Å²) in [6.45, 7) is 2.22. The van der Waals surface area contributed by atoms with Gasteiger partial charge in [0.1, 0.15) is 11.6 Å². The highest BCUT2D eigenvalue weighted by atomic mass is 16.5. The summed E-state index contributed by atoms with van der Waals surface area (Å²) in [6.07, 6.45) is -0.128. The van der Waals surface area contributed by atoms with E-state index in [2.05, 4.69) is 20.6 Å². The van der Waals surface area contributed by atoms with E-state index in [0.717, 1.165) is 0 Å². The number of carbonyl (C=O) groups is 2. The first-order valence-corrected chi connectivity index (χ1v) is 9.27. The quantitative estimate of drug-likeness (QED) is 0.690. The van der Waals surface area contributed by atoms with E-state index in [1.807, 2.05) is 4.90 Å². The lowest BCUT2D eigenvalue weighted by atomic mass is 9.92. The van der Waals surface area contributed by atoms with Crippen molar-refractivity contribution in [1.82, 2.24) is 9.97 Å². The molecule has 1 saturated heterocycles. The van der Waals surface area contributed by atoms with Gasteiger partial charge in [-0.1, -0.05) is 0 Å². The van der Waals surface area contributed by atoms with Gasteiger partial charge < -0.3 is 25.0 Å². The number of methoxy groups -OCH3 is 1. The summed E-state index contributed by atoms with van der Waals surface area (Å²) in [7, 11) is 1.55. The molecule has 3 N–H and O–H groups in total. The second-order valence-electron chi connectivity index (χ2n) is 6.77. The van der Waals surface area contributed by atoms with Crippen molar-refractivity contribution in [3.8, 4) is 5.75 Å². The summed E-state index contributed by atoms with van der Waals surface area (Å²) in [5.41, 5.74) is 0.261. The first-order valence-electron chi connectivity index (χ1n) is 9.27. The van der Waals surface area contributed by atoms with Crippen LogP contribution in [0.5, 0.6) is 5.75 Å². The van der Waals surface area contributed by atoms with E-state index >= 15 is 0 Å². The number of aromatic amines is 1. The normalized spacial score (nSPS) is 18.6. The molecule has 2 aliphatic heterocycles. The Labute approximate surface area is 166 Å². The number of hydrogen-bond acceptors (Lipinski definition) is 7. The Morgan fingerprint density at radius 1 is 1.24 bits per heavy atom. The van der Waals surface area contributed by atoms with E-state index in [-0.39, 0.29) is 23.7 Å². The zero-order chi connectivity index (χ0) is 20.4. The minimum absolute atomic E-state index is 0.126. The van der Waals surface area contributed by atoms with Gasteiger partial charge in [0.05, 0.1) is 31.8 Å². The van der Waals surface area contributed by atoms with Gasteiger partial charge in [0.2, 0.25) is 17.8 Å². The summed E-state index contributed by atoms with van der Waals surface area (Å²) in [5.74, 6) is -0.608. The fourth-order valence-corrected chi connectivity index (χ4v) is 3.41. The lowest BCUT2D eigenvalue weighted by Gasteiger charge is -2.29. The number of ether oxygens (including phenoxy) is 2. The number of rotatable bonds is 4. The van der Waals surface area contributed by atoms with Crippen LogP contribution in [0.25, 0.3) is 0 Å². The highest BCUT2D eigenvalue weighted by Crippen LogP contribution is 2.30. The third kappa shape index (κ3) is 3.92. The zero-order valence-corrected chi connectivity index (χ0v) is 15.9. The molecule has 1 aromatic carbocycles. The molecule has 4 rings (SSSR count). The van der Waals surface area contributed by atoms with Gasteiger partial charge >= 0.3 is 0 Å². The Hall–Kier alpha value is -3.40. The monoisotopic (exact) mass is 399 g/mol. The van der Waals surface area contributed by atoms with Crippen LogP contribution in [-0.2, 0) is 14.3 Å². The van der Waals surface area contributed by atoms with E-state index in [9.17, 15) is 14.4 Å². The molecule has 10 nitrogen and oxygen atoms in total. The van der Waals surface area contributed by atoms with Gasteiger partial charge in [-0.3, -0.25) is 19.4 Å². The van der Waals surface area contributed by atoms with Gasteiger partial charge in [-0.15, -0.1) is 0 Å². The molecule has 1 fully saturated rings. The number of amides is 2. The number of benzene rings is 1. The molecule has 1 atom stereocenters. The first-order chi connectivity index (χ1) is 14.0. The molecule has 29 heavy (non-hydrogen) atoms. The van der Waals surface area contributed by atoms with Crippen molar-refractivity contribution >= 4 is 29.3 Å². The number of fused-ring (bicyclic) bond motifs is 1. The Bertz CT molecular complexity index is 981. The summed E-state index contributed by atoms with van der Waals surface area (Å²) in [4.78, 5) is 46.8. The molecule has 2 aromatic rings. The highest BCUT2D eigenvalue weighted by Gasteiger charge is 2.35. The smallest absolute Gasteiger partial charge is 0.258 e. The average Bonchev–Trinajstić information content (AvgIpc) is 2.74. The van der Waals surface area contributed by atoms with Crippen LogP contribution in [-0.4, -0.2) is 55.2 Å². The topological polar surface area (TPSA) is 126 Å². The molecule has 3 heterocycles. The summed E-state index contributed by atoms with van der Waals surface area (Å²) in [5, 5.41) is 5.37. The molecule has 0 spiro atoms. The molecule has 0 saturated carbocycles. The second kappa shape index (κ2) is 7.92. The largest absolute Gasteiger partial charge is 0.497 e. The maximum Gasteiger partial charge on any atom is 0.258 e. The molecular weight excluding hydrogens is 378 g/mol. The maximum atomic E-state index is 12.8. The number of aromatic nitrogens is 2. The molecule has 0 bridgehead atoms. The van der Waals surface area contributed by atoms with Crippen molar-refractivity contribution in [1.29, 1.82) is 0 Å². The minimum Gasteiger partial charge on any atom is -0.497 e. The third-order valence-corrected chi connectivity index (χ3v) is 4.92. The number of hydrogen-bond donors (Lipinski definition) is 3. The van der Waals surface area contributed by atoms with E-state index in [0.29, 0.717) is 43.7 Å². The number of carbonyl (C=O) groups excluding carboxylic acids is 2. The number of H-pyrrole nitrogens is 1. The molecule has 152 valence electrons. The number of morpholine rings is 1. The lowest BCUT2D eigenvalue weighted by molar-refractivity contribution is -0.123. The number of nitrogens with one attached hydrogen (secondary N) is 3. The second-order valence-corrected chi connectivity index (χ2v) is 6.77. The predicted octanol–water partition coefficient (Wildman–Crippen LogP) is 0.680. The summed E-state index contributed by atoms with van der Waals surface area (Å²) >= 11 is 0. The van der Waals surface area contributed by atoms with Crippen molar-refractivity contribution in [2.45, 2.75) is 12.3 Å². The van der Waals surface area contributed by atoms with Gasteiger partial charge in [-0.25, -0.2) is 0 Å². The van der Waals surface area contributed by atoms with Crippen molar-refractivity contribution in [3.63, 3.8) is 0 Å². The van der Waals surface area contributed by atoms with Crippen molar-refractivity contribution < 1.29 is 19.1 Å². The summed E-state index contributed by atoms with van der Waals surface area (Å²) in [6, 6.07) is 6.79. The average molecular weight is 399 g/mol. The standard InChI is InChI=1S/C19H21N5O5/c1-28-12-4-2-11(3-5-12)20-17(26)13-10-14(25)21-16-15(13)18(27)23-19(22-16)24-6-8-29-9-7-24/h2-5,13H,6-10H2,1H3,(H,20,26)(H2,21,22,23,25,27). The van der Waals surface area contributed by atoms with Gasteiger partial charge in [0, 0.05) is 25.2 Å². The van der Waals surface area contributed by atoms with Crippen molar-refractivity contribution in [2.75, 3.05) is 48.9 Å². The molecule has 10 heteroatoms. The molecule has 2 aliphatic rings. The molecule has 2 amide bonds. The van der Waals surface area contributed by atoms with E-state index in [4.69, 9.17) is 9.47 Å². The van der Waals surface area contributed by atoms with Gasteiger partial charge in [0.15, 0.2) is 0 Å². The van der Waals surface area contributed by atoms with Crippen LogP contribution in [0.1, 0.15) is 17.9 Å². The van der Waals surface area contributed by atoms with Gasteiger partial charge in [-0.05, 0) is 24.3 Å². The summed E-state index contributed by atoms with van der Waals surface area (Å²) < 4.78 is 10.4. The van der Waals surface area contributed by atoms with Crippen molar-refractivity contribution in [3.05, 3.63) is 40.2 Å². The molecular formula is C19H21N5O5. The molecule has 1 aromatic heterocycles. The minimum atomic E-state index is -0.934. The highest BCUT2D eigenvalue weighted by molar-refractivity contribution is 6.04. The SMILES string of the molecule is COc1ccc(NC(=O)C2CC(=O)Nc3nc(N4CCOCC4)[nH]c(=O)c32)cc1. The fraction of sp³-hybridized carbons (Fsp3) is 0.368. The van der Waals surface area contributed by atoms with Crippen LogP contribution < -0.4 is 25.8 Å². The van der Waals surface area contributed by atoms with Crippen LogP contribution in [0.4, 0.5) is 17.5 Å². The Morgan fingerprint density at radius 2 is 1.97 bits per heavy atom. The van der Waals surface area contributed by atoms with E-state index in [1.165, 1.54) is 0 Å². The van der Waals surface area contributed by atoms with E-state index < -0.39 is 17.4 Å². The number of nitrogens with zero attached hydrogens (tertiary/aromatic N) is 2. The van der Waals surface area contributed by atoms with Crippen LogP contribution in [0.2, 0.25) is 0 Å². The predicted molar refractivity (Wildman–Crippen MR) is 106 cm³/mol. The van der Waals surface area contributed by atoms with Crippen LogP contribution in [0, 0.1) is 0 Å². The van der Waals surface area contributed by atoms with Gasteiger partial charge in [0.25, 0.3) is 5.56 Å².